The second kappa shape index (κ2) is 5.83. The molecule has 3 heteroatoms. The molecular weight excluding hydrogens is 236 g/mol. The van der Waals surface area contributed by atoms with Gasteiger partial charge in [0, 0.05) is 12.6 Å². The zero-order valence-electron chi connectivity index (χ0n) is 11.4. The number of Topliss-reactive ketones (excluding diaryl/α,β-unsaturated/α-hetero) is 1. The summed E-state index contributed by atoms with van der Waals surface area (Å²) in [7, 11) is 0. The lowest BCUT2D eigenvalue weighted by atomic mass is 9.89. The van der Waals surface area contributed by atoms with E-state index < -0.39 is 0 Å². The molecule has 1 N–H and O–H groups in total. The summed E-state index contributed by atoms with van der Waals surface area (Å²) >= 11 is 0. The molecule has 0 radical (unpaired) electrons. The van der Waals surface area contributed by atoms with Crippen molar-refractivity contribution >= 4 is 5.78 Å². The molecule has 1 atom stereocenters. The van der Waals surface area contributed by atoms with Crippen LogP contribution in [0, 0.1) is 5.92 Å². The van der Waals surface area contributed by atoms with Crippen molar-refractivity contribution in [3.8, 4) is 0 Å². The molecule has 0 amide bonds. The highest BCUT2D eigenvalue weighted by Crippen LogP contribution is 2.33. The first-order valence-electron chi connectivity index (χ1n) is 7.52. The fourth-order valence-electron chi connectivity index (χ4n) is 3.42. The molecule has 0 saturated carbocycles. The molecule has 1 aliphatic carbocycles. The average Bonchev–Trinajstić information content (AvgIpc) is 2.90. The van der Waals surface area contributed by atoms with E-state index in [-0.39, 0.29) is 5.92 Å². The van der Waals surface area contributed by atoms with Gasteiger partial charge in [-0.25, -0.2) is 0 Å². The Kier molecular flexibility index (Phi) is 3.92. The Morgan fingerprint density at radius 1 is 1.32 bits per heavy atom. The van der Waals surface area contributed by atoms with Gasteiger partial charge in [-0.15, -0.1) is 0 Å². The van der Waals surface area contributed by atoms with Crippen molar-refractivity contribution in [2.45, 2.75) is 44.4 Å². The van der Waals surface area contributed by atoms with E-state index in [2.05, 4.69) is 16.4 Å². The Hall–Kier alpha value is -1.22. The lowest BCUT2D eigenvalue weighted by Gasteiger charge is -2.22. The number of hydrogen-bond donors (Lipinski definition) is 1. The van der Waals surface area contributed by atoms with E-state index in [0.717, 1.165) is 50.4 Å². The number of piperidine rings is 1. The molecule has 1 saturated heterocycles. The summed E-state index contributed by atoms with van der Waals surface area (Å²) in [5.41, 5.74) is 2.33. The Bertz CT molecular complexity index is 452. The van der Waals surface area contributed by atoms with E-state index in [1.54, 1.807) is 0 Å². The van der Waals surface area contributed by atoms with Crippen LogP contribution in [0.1, 0.15) is 49.3 Å². The highest BCUT2D eigenvalue weighted by molar-refractivity contribution is 5.86. The monoisotopic (exact) mass is 258 g/mol. The van der Waals surface area contributed by atoms with Crippen molar-refractivity contribution in [1.29, 1.82) is 0 Å². The second-order valence-electron chi connectivity index (χ2n) is 5.84. The van der Waals surface area contributed by atoms with E-state index in [4.69, 9.17) is 0 Å². The van der Waals surface area contributed by atoms with Crippen molar-refractivity contribution in [1.82, 2.24) is 10.3 Å². The Balaban J connectivity index is 1.56. The Morgan fingerprint density at radius 3 is 3.00 bits per heavy atom. The lowest BCUT2D eigenvalue weighted by Crippen LogP contribution is -2.28. The zero-order chi connectivity index (χ0) is 13.1. The number of ketones is 1. The average molecular weight is 258 g/mol. The molecule has 1 aromatic rings. The lowest BCUT2D eigenvalue weighted by molar-refractivity contribution is -0.120. The predicted molar refractivity (Wildman–Crippen MR) is 75.1 cm³/mol. The number of fused-ring (bicyclic) bond motifs is 1. The molecule has 1 fully saturated rings. The summed E-state index contributed by atoms with van der Waals surface area (Å²) < 4.78 is 0. The molecule has 0 bridgehead atoms. The van der Waals surface area contributed by atoms with Crippen LogP contribution in [-0.2, 0) is 11.2 Å². The van der Waals surface area contributed by atoms with Crippen LogP contribution >= 0.6 is 0 Å². The number of pyridine rings is 1. The van der Waals surface area contributed by atoms with Crippen molar-refractivity contribution in [3.05, 3.63) is 29.6 Å². The number of carbonyl (C=O) groups is 1. The third-order valence-electron chi connectivity index (χ3n) is 4.60. The topological polar surface area (TPSA) is 42.0 Å². The van der Waals surface area contributed by atoms with Crippen LogP contribution in [0.15, 0.2) is 18.3 Å². The van der Waals surface area contributed by atoms with Crippen molar-refractivity contribution in [2.75, 3.05) is 13.1 Å². The quantitative estimate of drug-likeness (QED) is 0.902. The van der Waals surface area contributed by atoms with Gasteiger partial charge in [0.2, 0.25) is 0 Å². The van der Waals surface area contributed by atoms with E-state index in [0.29, 0.717) is 5.78 Å². The van der Waals surface area contributed by atoms with Crippen LogP contribution in [0.5, 0.6) is 0 Å². The van der Waals surface area contributed by atoms with Gasteiger partial charge in [0.15, 0.2) is 0 Å². The zero-order valence-corrected chi connectivity index (χ0v) is 11.4. The van der Waals surface area contributed by atoms with Crippen molar-refractivity contribution < 1.29 is 4.79 Å². The second-order valence-corrected chi connectivity index (χ2v) is 5.84. The summed E-state index contributed by atoms with van der Waals surface area (Å²) in [4.78, 5) is 16.8. The van der Waals surface area contributed by atoms with Crippen molar-refractivity contribution in [2.24, 2.45) is 5.92 Å². The Morgan fingerprint density at radius 2 is 2.16 bits per heavy atom. The minimum Gasteiger partial charge on any atom is -0.317 e. The molecule has 0 aromatic carbocycles. The van der Waals surface area contributed by atoms with Crippen LogP contribution in [0.25, 0.3) is 0 Å². The normalized spacial score (nSPS) is 23.3. The van der Waals surface area contributed by atoms with Gasteiger partial charge in [-0.2, -0.15) is 0 Å². The molecule has 0 spiro atoms. The fraction of sp³-hybridized carbons (Fsp3) is 0.625. The van der Waals surface area contributed by atoms with Crippen LogP contribution in [-0.4, -0.2) is 23.9 Å². The van der Waals surface area contributed by atoms with Gasteiger partial charge in [0.25, 0.3) is 0 Å². The molecule has 3 rings (SSSR count). The molecular formula is C16H22N2O. The van der Waals surface area contributed by atoms with E-state index >= 15 is 0 Å². The summed E-state index contributed by atoms with van der Waals surface area (Å²) in [6.07, 6.45) is 8.08. The molecule has 1 aromatic heterocycles. The highest BCUT2D eigenvalue weighted by atomic mass is 16.1. The summed E-state index contributed by atoms with van der Waals surface area (Å²) in [6, 6.07) is 4.09. The number of nitrogens with zero attached hydrogens (tertiary/aromatic N) is 1. The summed E-state index contributed by atoms with van der Waals surface area (Å²) in [5.74, 6) is 1.24. The van der Waals surface area contributed by atoms with Gasteiger partial charge < -0.3 is 5.32 Å². The van der Waals surface area contributed by atoms with Gasteiger partial charge in [-0.1, -0.05) is 6.07 Å². The van der Waals surface area contributed by atoms with E-state index in [1.165, 1.54) is 18.4 Å². The molecule has 3 nitrogen and oxygen atoms in total. The number of aryl methyl sites for hydroxylation is 1. The third kappa shape index (κ3) is 2.86. The first kappa shape index (κ1) is 12.8. The molecule has 102 valence electrons. The van der Waals surface area contributed by atoms with Gasteiger partial charge in [0.1, 0.15) is 5.78 Å². The van der Waals surface area contributed by atoms with E-state index in [1.807, 2.05) is 12.3 Å². The number of carbonyl (C=O) groups excluding carboxylic acids is 1. The molecule has 1 aliphatic heterocycles. The number of nitrogens with one attached hydrogen (secondary N) is 1. The standard InChI is InChI=1S/C16H22N2O/c19-15(6-3-12-7-10-17-11-8-12)14-5-4-13-2-1-9-18-16(13)14/h1-2,9,12,14,17H,3-8,10-11H2. The smallest absolute Gasteiger partial charge is 0.141 e. The minimum atomic E-state index is 0.0814. The number of aromatic nitrogens is 1. The Labute approximate surface area is 114 Å². The predicted octanol–water partition coefficient (Wildman–Crippen LogP) is 2.46. The van der Waals surface area contributed by atoms with E-state index in [9.17, 15) is 4.79 Å². The van der Waals surface area contributed by atoms with Crippen LogP contribution < -0.4 is 5.32 Å². The van der Waals surface area contributed by atoms with Crippen LogP contribution in [0.2, 0.25) is 0 Å². The first-order valence-corrected chi connectivity index (χ1v) is 7.52. The minimum absolute atomic E-state index is 0.0814. The maximum absolute atomic E-state index is 12.4. The largest absolute Gasteiger partial charge is 0.317 e. The highest BCUT2D eigenvalue weighted by Gasteiger charge is 2.29. The van der Waals surface area contributed by atoms with Crippen LogP contribution in [0.4, 0.5) is 0 Å². The SMILES string of the molecule is O=C(CCC1CCNCC1)C1CCc2cccnc21. The molecule has 19 heavy (non-hydrogen) atoms. The molecule has 1 unspecified atom stereocenters. The summed E-state index contributed by atoms with van der Waals surface area (Å²) in [5, 5.41) is 3.38. The fourth-order valence-corrected chi connectivity index (χ4v) is 3.42. The van der Waals surface area contributed by atoms with Gasteiger partial charge in [-0.3, -0.25) is 9.78 Å². The van der Waals surface area contributed by atoms with Gasteiger partial charge in [0.05, 0.1) is 11.6 Å². The number of rotatable bonds is 4. The van der Waals surface area contributed by atoms with Gasteiger partial charge in [-0.05, 0) is 62.7 Å². The maximum atomic E-state index is 12.4. The van der Waals surface area contributed by atoms with Crippen LogP contribution in [0.3, 0.4) is 0 Å². The maximum Gasteiger partial charge on any atom is 0.141 e. The number of hydrogen-bond acceptors (Lipinski definition) is 3. The summed E-state index contributed by atoms with van der Waals surface area (Å²) in [6.45, 7) is 2.24. The molecule has 2 heterocycles. The first-order chi connectivity index (χ1) is 9.34. The third-order valence-corrected chi connectivity index (χ3v) is 4.60. The van der Waals surface area contributed by atoms with Crippen molar-refractivity contribution in [3.63, 3.8) is 0 Å². The molecule has 2 aliphatic rings. The van der Waals surface area contributed by atoms with Gasteiger partial charge >= 0.3 is 0 Å².